The number of ether oxygens (including phenoxy) is 2. The molecule has 0 saturated carbocycles. The number of benzene rings is 2. The zero-order valence-electron chi connectivity index (χ0n) is 20.5. The SMILES string of the molecule is C[C@@H]1COCCC1Oc1ccc(-c2ccnc3cc(-c4ccc(C(=O)N(C)C)cc4)oc23)cc1C#N. The van der Waals surface area contributed by atoms with Crippen LogP contribution < -0.4 is 4.74 Å². The Hall–Kier alpha value is -4.15. The van der Waals surface area contributed by atoms with Crippen molar-refractivity contribution in [3.63, 3.8) is 0 Å². The second kappa shape index (κ2) is 9.84. The fraction of sp³-hybridized carbons (Fsp3) is 0.276. The summed E-state index contributed by atoms with van der Waals surface area (Å²) < 4.78 is 18.0. The summed E-state index contributed by atoms with van der Waals surface area (Å²) in [4.78, 5) is 18.2. The molecule has 0 bridgehead atoms. The molecular weight excluding hydrogens is 454 g/mol. The van der Waals surface area contributed by atoms with Crippen LogP contribution >= 0.6 is 0 Å². The fourth-order valence-corrected chi connectivity index (χ4v) is 4.43. The summed E-state index contributed by atoms with van der Waals surface area (Å²) in [5, 5.41) is 9.83. The van der Waals surface area contributed by atoms with Crippen LogP contribution in [0.15, 0.2) is 65.2 Å². The number of nitriles is 1. The van der Waals surface area contributed by atoms with Gasteiger partial charge in [-0.3, -0.25) is 9.78 Å². The molecule has 1 amide bonds. The second-order valence-corrected chi connectivity index (χ2v) is 9.28. The molecule has 7 nitrogen and oxygen atoms in total. The third-order valence-corrected chi connectivity index (χ3v) is 6.49. The first kappa shape index (κ1) is 23.6. The van der Waals surface area contributed by atoms with Gasteiger partial charge in [0, 0.05) is 55.4 Å². The first-order chi connectivity index (χ1) is 17.4. The monoisotopic (exact) mass is 481 g/mol. The van der Waals surface area contributed by atoms with Crippen molar-refractivity contribution in [2.45, 2.75) is 19.4 Å². The van der Waals surface area contributed by atoms with E-state index in [0.29, 0.717) is 47.0 Å². The number of furan rings is 1. The average Bonchev–Trinajstić information content (AvgIpc) is 3.34. The molecule has 36 heavy (non-hydrogen) atoms. The van der Waals surface area contributed by atoms with Gasteiger partial charge in [0.05, 0.1) is 18.8 Å². The van der Waals surface area contributed by atoms with E-state index >= 15 is 0 Å². The van der Waals surface area contributed by atoms with Crippen LogP contribution in [0.4, 0.5) is 0 Å². The Kier molecular flexibility index (Phi) is 6.45. The Labute approximate surface area is 209 Å². The van der Waals surface area contributed by atoms with Crippen molar-refractivity contribution in [2.75, 3.05) is 27.3 Å². The van der Waals surface area contributed by atoms with Crippen LogP contribution in [0.25, 0.3) is 33.6 Å². The maximum Gasteiger partial charge on any atom is 0.253 e. The highest BCUT2D eigenvalue weighted by atomic mass is 16.5. The van der Waals surface area contributed by atoms with E-state index in [1.165, 1.54) is 0 Å². The van der Waals surface area contributed by atoms with E-state index in [1.54, 1.807) is 37.3 Å². The normalized spacial score (nSPS) is 17.5. The molecule has 4 aromatic rings. The lowest BCUT2D eigenvalue weighted by Crippen LogP contribution is -2.34. The summed E-state index contributed by atoms with van der Waals surface area (Å²) in [5.41, 5.74) is 4.97. The van der Waals surface area contributed by atoms with Crippen molar-refractivity contribution in [3.8, 4) is 34.3 Å². The molecule has 7 heteroatoms. The van der Waals surface area contributed by atoms with Crippen molar-refractivity contribution in [1.82, 2.24) is 9.88 Å². The van der Waals surface area contributed by atoms with Crippen LogP contribution in [0.3, 0.4) is 0 Å². The number of pyridine rings is 1. The number of rotatable bonds is 5. The van der Waals surface area contributed by atoms with Gasteiger partial charge in [-0.15, -0.1) is 0 Å². The summed E-state index contributed by atoms with van der Waals surface area (Å²) in [5.74, 6) is 1.45. The van der Waals surface area contributed by atoms with Gasteiger partial charge in [-0.05, 0) is 35.9 Å². The topological polar surface area (TPSA) is 88.6 Å². The number of carbonyl (C=O) groups is 1. The first-order valence-electron chi connectivity index (χ1n) is 11.9. The third kappa shape index (κ3) is 4.56. The predicted octanol–water partition coefficient (Wildman–Crippen LogP) is 5.54. The van der Waals surface area contributed by atoms with Crippen molar-refractivity contribution in [2.24, 2.45) is 5.92 Å². The predicted molar refractivity (Wildman–Crippen MR) is 137 cm³/mol. The number of hydrogen-bond donors (Lipinski definition) is 0. The van der Waals surface area contributed by atoms with Gasteiger partial charge in [0.1, 0.15) is 29.2 Å². The maximum atomic E-state index is 12.2. The molecule has 182 valence electrons. The number of amides is 1. The Morgan fingerprint density at radius 1 is 1.11 bits per heavy atom. The van der Waals surface area contributed by atoms with Crippen molar-refractivity contribution >= 4 is 17.0 Å². The number of fused-ring (bicyclic) bond motifs is 1. The molecule has 1 aliphatic heterocycles. The maximum absolute atomic E-state index is 12.2. The van der Waals surface area contributed by atoms with Crippen molar-refractivity contribution < 1.29 is 18.7 Å². The summed E-state index contributed by atoms with van der Waals surface area (Å²) in [6.45, 7) is 3.43. The van der Waals surface area contributed by atoms with E-state index in [2.05, 4.69) is 18.0 Å². The molecule has 1 aliphatic rings. The van der Waals surface area contributed by atoms with Gasteiger partial charge in [-0.2, -0.15) is 5.26 Å². The zero-order chi connectivity index (χ0) is 25.2. The average molecular weight is 482 g/mol. The fourth-order valence-electron chi connectivity index (χ4n) is 4.43. The van der Waals surface area contributed by atoms with Crippen LogP contribution in [-0.2, 0) is 4.74 Å². The van der Waals surface area contributed by atoms with E-state index in [-0.39, 0.29) is 17.9 Å². The highest BCUT2D eigenvalue weighted by Gasteiger charge is 2.25. The van der Waals surface area contributed by atoms with Crippen molar-refractivity contribution in [1.29, 1.82) is 5.26 Å². The van der Waals surface area contributed by atoms with Crippen LogP contribution in [0.1, 0.15) is 29.3 Å². The Morgan fingerprint density at radius 3 is 2.61 bits per heavy atom. The summed E-state index contributed by atoms with van der Waals surface area (Å²) in [6.07, 6.45) is 2.56. The van der Waals surface area contributed by atoms with Crippen molar-refractivity contribution in [3.05, 3.63) is 71.9 Å². The Bertz CT molecular complexity index is 1450. The standard InChI is InChI=1S/C29H27N3O4/c1-18-17-34-13-11-25(18)35-26-9-8-21(14-22(26)16-30)23-10-12-31-24-15-27(36-28(23)24)19-4-6-20(7-5-19)29(33)32(2)3/h4-10,12,14-15,18,25H,11,13,17H2,1-3H3/t18-,25?/m1/s1. The van der Waals surface area contributed by atoms with Gasteiger partial charge >= 0.3 is 0 Å². The third-order valence-electron chi connectivity index (χ3n) is 6.49. The summed E-state index contributed by atoms with van der Waals surface area (Å²) in [7, 11) is 3.45. The van der Waals surface area contributed by atoms with E-state index in [0.717, 1.165) is 23.1 Å². The molecule has 1 saturated heterocycles. The smallest absolute Gasteiger partial charge is 0.253 e. The van der Waals surface area contributed by atoms with Gasteiger partial charge in [-0.25, -0.2) is 0 Å². The second-order valence-electron chi connectivity index (χ2n) is 9.28. The van der Waals surface area contributed by atoms with E-state index in [9.17, 15) is 10.1 Å². The molecular formula is C29H27N3O4. The lowest BCUT2D eigenvalue weighted by atomic mass is 10.00. The molecule has 0 radical (unpaired) electrons. The highest BCUT2D eigenvalue weighted by molar-refractivity contribution is 5.95. The molecule has 2 aromatic heterocycles. The minimum Gasteiger partial charge on any atom is -0.489 e. The van der Waals surface area contributed by atoms with Crippen LogP contribution in [0.2, 0.25) is 0 Å². The van der Waals surface area contributed by atoms with Gasteiger partial charge in [0.2, 0.25) is 0 Å². The number of nitrogens with zero attached hydrogens (tertiary/aromatic N) is 3. The van der Waals surface area contributed by atoms with Gasteiger partial charge in [0.15, 0.2) is 5.58 Å². The molecule has 0 spiro atoms. The Morgan fingerprint density at radius 2 is 1.89 bits per heavy atom. The molecule has 5 rings (SSSR count). The zero-order valence-corrected chi connectivity index (χ0v) is 20.5. The number of aromatic nitrogens is 1. The highest BCUT2D eigenvalue weighted by Crippen LogP contribution is 2.36. The molecule has 2 atom stereocenters. The lowest BCUT2D eigenvalue weighted by molar-refractivity contribution is -0.0165. The largest absolute Gasteiger partial charge is 0.489 e. The van der Waals surface area contributed by atoms with E-state index < -0.39 is 0 Å². The molecule has 0 N–H and O–H groups in total. The minimum absolute atomic E-state index is 0.0244. The summed E-state index contributed by atoms with van der Waals surface area (Å²) >= 11 is 0. The number of carbonyl (C=O) groups excluding carboxylic acids is 1. The van der Waals surface area contributed by atoms with Crippen LogP contribution in [-0.4, -0.2) is 49.2 Å². The Balaban J connectivity index is 1.46. The quantitative estimate of drug-likeness (QED) is 0.372. The molecule has 1 unspecified atom stereocenters. The van der Waals surface area contributed by atoms with Gasteiger partial charge in [-0.1, -0.05) is 25.1 Å². The first-order valence-corrected chi connectivity index (χ1v) is 11.9. The minimum atomic E-state index is -0.0536. The molecule has 1 fully saturated rings. The number of hydrogen-bond acceptors (Lipinski definition) is 6. The molecule has 0 aliphatic carbocycles. The van der Waals surface area contributed by atoms with E-state index in [1.807, 2.05) is 42.5 Å². The summed E-state index contributed by atoms with van der Waals surface area (Å²) in [6, 6.07) is 19.0. The van der Waals surface area contributed by atoms with E-state index in [4.69, 9.17) is 13.9 Å². The lowest BCUT2D eigenvalue weighted by Gasteiger charge is -2.29. The molecule has 2 aromatic carbocycles. The van der Waals surface area contributed by atoms with Gasteiger partial charge in [0.25, 0.3) is 5.91 Å². The van der Waals surface area contributed by atoms with Crippen LogP contribution in [0, 0.1) is 17.2 Å². The molecule has 3 heterocycles. The van der Waals surface area contributed by atoms with Crippen LogP contribution in [0.5, 0.6) is 5.75 Å². The van der Waals surface area contributed by atoms with Gasteiger partial charge < -0.3 is 18.8 Å².